The van der Waals surface area contributed by atoms with E-state index in [0.29, 0.717) is 21.2 Å². The minimum Gasteiger partial charge on any atom is -0.403 e. The lowest BCUT2D eigenvalue weighted by atomic mass is 10.1. The van der Waals surface area contributed by atoms with E-state index in [1.165, 1.54) is 0 Å². The smallest absolute Gasteiger partial charge is 0.322 e. The Labute approximate surface area is 142 Å². The zero-order valence-electron chi connectivity index (χ0n) is 12.0. The van der Waals surface area contributed by atoms with Crippen molar-refractivity contribution in [3.8, 4) is 11.5 Å². The van der Waals surface area contributed by atoms with Crippen molar-refractivity contribution < 1.29 is 9.21 Å². The molecule has 0 aliphatic rings. The van der Waals surface area contributed by atoms with Crippen molar-refractivity contribution in [1.82, 2.24) is 10.2 Å². The summed E-state index contributed by atoms with van der Waals surface area (Å²) in [7, 11) is 0. The van der Waals surface area contributed by atoms with Crippen molar-refractivity contribution in [2.45, 2.75) is 6.92 Å². The molecule has 3 rings (SSSR count). The van der Waals surface area contributed by atoms with Gasteiger partial charge in [-0.1, -0.05) is 46.0 Å². The van der Waals surface area contributed by atoms with E-state index in [9.17, 15) is 4.79 Å². The van der Waals surface area contributed by atoms with Crippen LogP contribution in [0.4, 0.5) is 6.01 Å². The minimum atomic E-state index is -0.331. The average Bonchev–Trinajstić information content (AvgIpc) is 2.96. The van der Waals surface area contributed by atoms with Gasteiger partial charge in [-0.3, -0.25) is 10.1 Å². The number of hydrogen-bond acceptors (Lipinski definition) is 4. The molecule has 5 nitrogen and oxygen atoms in total. The molecular formula is C16H11Cl2N3O2. The largest absolute Gasteiger partial charge is 0.403 e. The molecule has 23 heavy (non-hydrogen) atoms. The Morgan fingerprint density at radius 3 is 2.52 bits per heavy atom. The molecule has 0 fully saturated rings. The molecule has 1 amide bonds. The first-order chi connectivity index (χ1) is 11.0. The van der Waals surface area contributed by atoms with Crippen LogP contribution in [0.3, 0.4) is 0 Å². The summed E-state index contributed by atoms with van der Waals surface area (Å²) in [5.74, 6) is -0.131. The van der Waals surface area contributed by atoms with Gasteiger partial charge in [0, 0.05) is 10.6 Å². The molecule has 0 unspecified atom stereocenters. The summed E-state index contributed by atoms with van der Waals surface area (Å²) in [6, 6.07) is 12.0. The van der Waals surface area contributed by atoms with E-state index < -0.39 is 0 Å². The Hall–Kier alpha value is -2.37. The van der Waals surface area contributed by atoms with Crippen molar-refractivity contribution in [3.63, 3.8) is 0 Å². The van der Waals surface area contributed by atoms with Gasteiger partial charge in [-0.2, -0.15) is 0 Å². The van der Waals surface area contributed by atoms with E-state index in [2.05, 4.69) is 15.5 Å². The lowest BCUT2D eigenvalue weighted by Crippen LogP contribution is -2.11. The lowest BCUT2D eigenvalue weighted by molar-refractivity contribution is 0.102. The molecule has 116 valence electrons. The van der Waals surface area contributed by atoms with Gasteiger partial charge in [0.25, 0.3) is 11.8 Å². The number of aryl methyl sites for hydroxylation is 1. The number of nitrogens with zero attached hydrogens (tertiary/aromatic N) is 2. The summed E-state index contributed by atoms with van der Waals surface area (Å²) in [5.41, 5.74) is 2.11. The molecule has 0 spiro atoms. The van der Waals surface area contributed by atoms with E-state index in [4.69, 9.17) is 27.6 Å². The highest BCUT2D eigenvalue weighted by molar-refractivity contribution is 6.36. The molecule has 0 aliphatic carbocycles. The van der Waals surface area contributed by atoms with Gasteiger partial charge in [0.05, 0.1) is 10.6 Å². The number of benzene rings is 2. The van der Waals surface area contributed by atoms with Gasteiger partial charge in [0.2, 0.25) is 0 Å². The van der Waals surface area contributed by atoms with E-state index in [0.717, 1.165) is 5.56 Å². The summed E-state index contributed by atoms with van der Waals surface area (Å²) in [6.07, 6.45) is 0. The van der Waals surface area contributed by atoms with Gasteiger partial charge in [0.1, 0.15) is 0 Å². The second-order valence-corrected chi connectivity index (χ2v) is 5.70. The van der Waals surface area contributed by atoms with Crippen LogP contribution in [0.5, 0.6) is 0 Å². The highest BCUT2D eigenvalue weighted by atomic mass is 35.5. The highest BCUT2D eigenvalue weighted by Gasteiger charge is 2.14. The molecular weight excluding hydrogens is 337 g/mol. The van der Waals surface area contributed by atoms with Crippen LogP contribution in [-0.2, 0) is 0 Å². The normalized spacial score (nSPS) is 10.6. The van der Waals surface area contributed by atoms with E-state index in [1.54, 1.807) is 30.3 Å². The Kier molecular flexibility index (Phi) is 4.32. The maximum Gasteiger partial charge on any atom is 0.322 e. The Morgan fingerprint density at radius 1 is 1.09 bits per heavy atom. The first-order valence-electron chi connectivity index (χ1n) is 6.70. The predicted molar refractivity (Wildman–Crippen MR) is 88.9 cm³/mol. The zero-order chi connectivity index (χ0) is 16.4. The average molecular weight is 348 g/mol. The summed E-state index contributed by atoms with van der Waals surface area (Å²) in [4.78, 5) is 12.1. The lowest BCUT2D eigenvalue weighted by Gasteiger charge is -2.01. The molecule has 0 bridgehead atoms. The molecule has 0 saturated carbocycles. The summed E-state index contributed by atoms with van der Waals surface area (Å²) in [6.45, 7) is 1.95. The Bertz CT molecular complexity index is 860. The molecule has 7 heteroatoms. The van der Waals surface area contributed by atoms with Crippen LogP contribution in [0.25, 0.3) is 11.5 Å². The van der Waals surface area contributed by atoms with Crippen LogP contribution in [0.15, 0.2) is 46.9 Å². The third kappa shape index (κ3) is 3.52. The van der Waals surface area contributed by atoms with Crippen molar-refractivity contribution in [1.29, 1.82) is 0 Å². The molecule has 0 aliphatic heterocycles. The number of amides is 1. The van der Waals surface area contributed by atoms with Crippen molar-refractivity contribution in [2.24, 2.45) is 0 Å². The fourth-order valence-corrected chi connectivity index (χ4v) is 2.41. The predicted octanol–water partition coefficient (Wildman–Crippen LogP) is 4.60. The maximum absolute atomic E-state index is 12.1. The van der Waals surface area contributed by atoms with Crippen LogP contribution in [0, 0.1) is 6.92 Å². The minimum absolute atomic E-state index is 0.00316. The van der Waals surface area contributed by atoms with E-state index >= 15 is 0 Å². The molecule has 0 saturated heterocycles. The number of rotatable bonds is 3. The molecule has 1 N–H and O–H groups in total. The second kappa shape index (κ2) is 6.40. The number of aromatic nitrogens is 2. The highest BCUT2D eigenvalue weighted by Crippen LogP contribution is 2.30. The van der Waals surface area contributed by atoms with Gasteiger partial charge in [-0.25, -0.2) is 0 Å². The van der Waals surface area contributed by atoms with Crippen molar-refractivity contribution in [2.75, 3.05) is 5.32 Å². The summed E-state index contributed by atoms with van der Waals surface area (Å²) >= 11 is 11.9. The molecule has 1 aromatic heterocycles. The maximum atomic E-state index is 12.1. The first-order valence-corrected chi connectivity index (χ1v) is 7.45. The number of anilines is 1. The molecule has 0 radical (unpaired) electrons. The number of carbonyl (C=O) groups excluding carboxylic acids is 1. The van der Waals surface area contributed by atoms with Gasteiger partial charge in [0.15, 0.2) is 0 Å². The SMILES string of the molecule is Cc1ccc(C(=O)Nc2nnc(-c3ccc(Cl)cc3Cl)o2)cc1. The summed E-state index contributed by atoms with van der Waals surface area (Å²) < 4.78 is 5.42. The van der Waals surface area contributed by atoms with Crippen LogP contribution in [0.2, 0.25) is 10.0 Å². The van der Waals surface area contributed by atoms with Gasteiger partial charge in [-0.05, 0) is 37.3 Å². The molecule has 2 aromatic carbocycles. The topological polar surface area (TPSA) is 68.0 Å². The number of hydrogen-bond donors (Lipinski definition) is 1. The van der Waals surface area contributed by atoms with Crippen LogP contribution in [-0.4, -0.2) is 16.1 Å². The van der Waals surface area contributed by atoms with Crippen LogP contribution < -0.4 is 5.32 Å². The number of nitrogens with one attached hydrogen (secondary N) is 1. The third-order valence-electron chi connectivity index (χ3n) is 3.12. The summed E-state index contributed by atoms with van der Waals surface area (Å²) in [5, 5.41) is 11.1. The van der Waals surface area contributed by atoms with Crippen molar-refractivity contribution in [3.05, 3.63) is 63.6 Å². The monoisotopic (exact) mass is 347 g/mol. The van der Waals surface area contributed by atoms with Gasteiger partial charge in [-0.15, -0.1) is 5.10 Å². The molecule has 1 heterocycles. The van der Waals surface area contributed by atoms with E-state index in [1.807, 2.05) is 19.1 Å². The third-order valence-corrected chi connectivity index (χ3v) is 3.67. The Morgan fingerprint density at radius 2 is 1.83 bits per heavy atom. The second-order valence-electron chi connectivity index (χ2n) is 4.86. The van der Waals surface area contributed by atoms with Crippen LogP contribution >= 0.6 is 23.2 Å². The fraction of sp³-hybridized carbons (Fsp3) is 0.0625. The van der Waals surface area contributed by atoms with E-state index in [-0.39, 0.29) is 17.8 Å². The standard InChI is InChI=1S/C16H11Cl2N3O2/c1-9-2-4-10(5-3-9)14(22)19-16-21-20-15(23-16)12-7-6-11(17)8-13(12)18/h2-8H,1H3,(H,19,21,22). The fourth-order valence-electron chi connectivity index (χ4n) is 1.92. The first kappa shape index (κ1) is 15.5. The number of carbonyl (C=O) groups is 1. The number of halogens is 2. The molecule has 3 aromatic rings. The molecule has 0 atom stereocenters. The Balaban J connectivity index is 1.79. The van der Waals surface area contributed by atoms with Crippen molar-refractivity contribution >= 4 is 35.1 Å². The quantitative estimate of drug-likeness (QED) is 0.751. The zero-order valence-corrected chi connectivity index (χ0v) is 13.5. The van der Waals surface area contributed by atoms with Gasteiger partial charge >= 0.3 is 6.01 Å². The van der Waals surface area contributed by atoms with Crippen LogP contribution in [0.1, 0.15) is 15.9 Å². The van der Waals surface area contributed by atoms with Gasteiger partial charge < -0.3 is 4.42 Å².